The van der Waals surface area contributed by atoms with Gasteiger partial charge in [-0.25, -0.2) is 4.39 Å². The first-order valence-corrected chi connectivity index (χ1v) is 8.93. The molecule has 3 heteroatoms. The summed E-state index contributed by atoms with van der Waals surface area (Å²) in [7, 11) is 0. The molecule has 1 unspecified atom stereocenters. The molecular formula is C19H29FN2. The summed E-state index contributed by atoms with van der Waals surface area (Å²) in [6.45, 7) is 3.25. The molecule has 1 aliphatic carbocycles. The zero-order chi connectivity index (χ0) is 15.4. The summed E-state index contributed by atoms with van der Waals surface area (Å²) in [5.41, 5.74) is 7.64. The Hall–Kier alpha value is -0.930. The average Bonchev–Trinajstić information content (AvgIpc) is 3.06. The summed E-state index contributed by atoms with van der Waals surface area (Å²) < 4.78 is 12.9. The highest BCUT2D eigenvalue weighted by Gasteiger charge is 2.26. The molecule has 1 atom stereocenters. The molecular weight excluding hydrogens is 275 g/mol. The maximum absolute atomic E-state index is 12.9. The van der Waals surface area contributed by atoms with Crippen LogP contribution < -0.4 is 5.73 Å². The molecule has 1 aromatic carbocycles. The van der Waals surface area contributed by atoms with Crippen LogP contribution in [0.1, 0.15) is 50.5 Å². The molecule has 0 radical (unpaired) electrons. The number of nitrogens with two attached hydrogens (primary N) is 1. The second-order valence-electron chi connectivity index (χ2n) is 7.29. The van der Waals surface area contributed by atoms with Crippen molar-refractivity contribution in [3.8, 4) is 0 Å². The van der Waals surface area contributed by atoms with Gasteiger partial charge in [0.25, 0.3) is 0 Å². The molecule has 2 nitrogen and oxygen atoms in total. The minimum absolute atomic E-state index is 0.150. The number of rotatable bonds is 5. The summed E-state index contributed by atoms with van der Waals surface area (Å²) >= 11 is 0. The largest absolute Gasteiger partial charge is 0.327 e. The third kappa shape index (κ3) is 4.30. The van der Waals surface area contributed by atoms with Gasteiger partial charge in [0.15, 0.2) is 0 Å². The van der Waals surface area contributed by atoms with Gasteiger partial charge in [-0.15, -0.1) is 0 Å². The number of hydrogen-bond acceptors (Lipinski definition) is 2. The van der Waals surface area contributed by atoms with E-state index in [-0.39, 0.29) is 5.82 Å². The highest BCUT2D eigenvalue weighted by atomic mass is 19.1. The van der Waals surface area contributed by atoms with Gasteiger partial charge in [-0.05, 0) is 74.7 Å². The Morgan fingerprint density at radius 2 is 1.68 bits per heavy atom. The molecule has 2 fully saturated rings. The second kappa shape index (κ2) is 7.56. The molecule has 22 heavy (non-hydrogen) atoms. The van der Waals surface area contributed by atoms with Gasteiger partial charge in [-0.1, -0.05) is 25.0 Å². The molecule has 122 valence electrons. The van der Waals surface area contributed by atoms with Crippen LogP contribution in [0.5, 0.6) is 0 Å². The summed E-state index contributed by atoms with van der Waals surface area (Å²) in [5, 5.41) is 0. The lowest BCUT2D eigenvalue weighted by Gasteiger charge is -2.34. The molecule has 0 aromatic heterocycles. The van der Waals surface area contributed by atoms with Crippen LogP contribution in [0, 0.1) is 17.7 Å². The SMILES string of the molecule is NC(CC1CCN(Cc2ccc(F)cc2)CC1)C1CCCC1. The van der Waals surface area contributed by atoms with E-state index in [9.17, 15) is 4.39 Å². The number of halogens is 1. The van der Waals surface area contributed by atoms with Crippen molar-refractivity contribution in [2.45, 2.75) is 57.5 Å². The molecule has 0 bridgehead atoms. The molecule has 1 heterocycles. The zero-order valence-corrected chi connectivity index (χ0v) is 13.5. The van der Waals surface area contributed by atoms with Crippen LogP contribution >= 0.6 is 0 Å². The molecule has 2 N–H and O–H groups in total. The zero-order valence-electron chi connectivity index (χ0n) is 13.5. The Bertz CT molecular complexity index is 445. The second-order valence-corrected chi connectivity index (χ2v) is 7.29. The summed E-state index contributed by atoms with van der Waals surface area (Å²) in [5.74, 6) is 1.45. The summed E-state index contributed by atoms with van der Waals surface area (Å²) in [4.78, 5) is 2.49. The van der Waals surface area contributed by atoms with E-state index in [0.29, 0.717) is 6.04 Å². The monoisotopic (exact) mass is 304 g/mol. The lowest BCUT2D eigenvalue weighted by Crippen LogP contribution is -2.37. The van der Waals surface area contributed by atoms with Gasteiger partial charge in [0.2, 0.25) is 0 Å². The minimum Gasteiger partial charge on any atom is -0.327 e. The number of benzene rings is 1. The van der Waals surface area contributed by atoms with E-state index in [0.717, 1.165) is 31.5 Å². The van der Waals surface area contributed by atoms with Crippen LogP contribution in [-0.2, 0) is 6.54 Å². The van der Waals surface area contributed by atoms with Crippen molar-refractivity contribution in [2.75, 3.05) is 13.1 Å². The van der Waals surface area contributed by atoms with Gasteiger partial charge in [0.1, 0.15) is 5.82 Å². The van der Waals surface area contributed by atoms with E-state index < -0.39 is 0 Å². The lowest BCUT2D eigenvalue weighted by molar-refractivity contribution is 0.162. The fraction of sp³-hybridized carbons (Fsp3) is 0.684. The Labute approximate surface area is 133 Å². The molecule has 3 rings (SSSR count). The van der Waals surface area contributed by atoms with E-state index >= 15 is 0 Å². The van der Waals surface area contributed by atoms with E-state index in [1.807, 2.05) is 12.1 Å². The van der Waals surface area contributed by atoms with Gasteiger partial charge >= 0.3 is 0 Å². The molecule has 1 saturated carbocycles. The molecule has 0 spiro atoms. The van der Waals surface area contributed by atoms with Crippen molar-refractivity contribution in [3.05, 3.63) is 35.6 Å². The molecule has 0 amide bonds. The highest BCUT2D eigenvalue weighted by Crippen LogP contribution is 2.31. The standard InChI is InChI=1S/C19H29FN2/c20-18-7-5-16(6-8-18)14-22-11-9-15(10-12-22)13-19(21)17-3-1-2-4-17/h5-8,15,17,19H,1-4,9-14,21H2. The van der Waals surface area contributed by atoms with Crippen molar-refractivity contribution in [2.24, 2.45) is 17.6 Å². The third-order valence-corrected chi connectivity index (χ3v) is 5.64. The van der Waals surface area contributed by atoms with Crippen LogP contribution in [0.4, 0.5) is 4.39 Å². The third-order valence-electron chi connectivity index (χ3n) is 5.64. The normalized spacial score (nSPS) is 23.0. The van der Waals surface area contributed by atoms with Gasteiger partial charge in [0, 0.05) is 12.6 Å². The maximum Gasteiger partial charge on any atom is 0.123 e. The van der Waals surface area contributed by atoms with Crippen molar-refractivity contribution in [1.82, 2.24) is 4.90 Å². The molecule has 1 saturated heterocycles. The molecule has 1 aromatic rings. The van der Waals surface area contributed by atoms with E-state index in [1.165, 1.54) is 50.5 Å². The van der Waals surface area contributed by atoms with Crippen LogP contribution in [0.15, 0.2) is 24.3 Å². The topological polar surface area (TPSA) is 29.3 Å². The van der Waals surface area contributed by atoms with Gasteiger partial charge in [-0.3, -0.25) is 4.90 Å². The number of piperidine rings is 1. The summed E-state index contributed by atoms with van der Waals surface area (Å²) in [6.07, 6.45) is 9.22. The predicted molar refractivity (Wildman–Crippen MR) is 89.0 cm³/mol. The van der Waals surface area contributed by atoms with Crippen LogP contribution in [0.25, 0.3) is 0 Å². The Balaban J connectivity index is 1.41. The molecule has 2 aliphatic rings. The smallest absolute Gasteiger partial charge is 0.123 e. The van der Waals surface area contributed by atoms with Crippen molar-refractivity contribution in [3.63, 3.8) is 0 Å². The molecule has 1 aliphatic heterocycles. The quantitative estimate of drug-likeness (QED) is 0.892. The van der Waals surface area contributed by atoms with Gasteiger partial charge in [0.05, 0.1) is 0 Å². The van der Waals surface area contributed by atoms with Crippen LogP contribution in [-0.4, -0.2) is 24.0 Å². The lowest BCUT2D eigenvalue weighted by atomic mass is 9.85. The van der Waals surface area contributed by atoms with Gasteiger partial charge in [-0.2, -0.15) is 0 Å². The van der Waals surface area contributed by atoms with E-state index in [4.69, 9.17) is 5.73 Å². The summed E-state index contributed by atoms with van der Waals surface area (Å²) in [6, 6.07) is 7.34. The van der Waals surface area contributed by atoms with Crippen LogP contribution in [0.2, 0.25) is 0 Å². The Morgan fingerprint density at radius 1 is 1.05 bits per heavy atom. The van der Waals surface area contributed by atoms with E-state index in [1.54, 1.807) is 12.1 Å². The van der Waals surface area contributed by atoms with Crippen molar-refractivity contribution in [1.29, 1.82) is 0 Å². The predicted octanol–water partition coefficient (Wildman–Crippen LogP) is 3.95. The first-order valence-electron chi connectivity index (χ1n) is 8.93. The number of hydrogen-bond donors (Lipinski definition) is 1. The maximum atomic E-state index is 12.9. The van der Waals surface area contributed by atoms with Gasteiger partial charge < -0.3 is 5.73 Å². The first-order chi connectivity index (χ1) is 10.7. The number of likely N-dealkylation sites (tertiary alicyclic amines) is 1. The first kappa shape index (κ1) is 15.9. The fourth-order valence-electron chi connectivity index (χ4n) is 4.19. The van der Waals surface area contributed by atoms with Crippen LogP contribution in [0.3, 0.4) is 0 Å². The van der Waals surface area contributed by atoms with Crippen molar-refractivity contribution < 1.29 is 4.39 Å². The van der Waals surface area contributed by atoms with Crippen molar-refractivity contribution >= 4 is 0 Å². The van der Waals surface area contributed by atoms with E-state index in [2.05, 4.69) is 4.90 Å². The fourth-order valence-corrected chi connectivity index (χ4v) is 4.19. The minimum atomic E-state index is -0.150. The highest BCUT2D eigenvalue weighted by molar-refractivity contribution is 5.15. The number of nitrogens with zero attached hydrogens (tertiary/aromatic N) is 1. The Morgan fingerprint density at radius 3 is 2.32 bits per heavy atom. The Kier molecular flexibility index (Phi) is 5.48. The average molecular weight is 304 g/mol.